The molecule has 0 fully saturated rings. The fourth-order valence-corrected chi connectivity index (χ4v) is 1.24. The van der Waals surface area contributed by atoms with Crippen LogP contribution in [0.25, 0.3) is 0 Å². The molecule has 8 heteroatoms. The SMILES string of the molecule is CCOCCCNc1cc(C(F)(F)F)nc(N)n1. The van der Waals surface area contributed by atoms with E-state index in [1.54, 1.807) is 0 Å². The van der Waals surface area contributed by atoms with Crippen LogP contribution in [0.4, 0.5) is 24.9 Å². The minimum absolute atomic E-state index is 0.0614. The smallest absolute Gasteiger partial charge is 0.382 e. The van der Waals surface area contributed by atoms with E-state index in [-0.39, 0.29) is 5.82 Å². The number of anilines is 2. The minimum Gasteiger partial charge on any atom is -0.382 e. The molecule has 0 spiro atoms. The summed E-state index contributed by atoms with van der Waals surface area (Å²) in [6, 6.07) is 0.830. The van der Waals surface area contributed by atoms with Gasteiger partial charge in [0.25, 0.3) is 0 Å². The summed E-state index contributed by atoms with van der Waals surface area (Å²) in [6.45, 7) is 3.47. The van der Waals surface area contributed by atoms with Gasteiger partial charge in [0.15, 0.2) is 5.69 Å². The van der Waals surface area contributed by atoms with Crippen molar-refractivity contribution in [3.8, 4) is 0 Å². The third-order valence-electron chi connectivity index (χ3n) is 2.01. The lowest BCUT2D eigenvalue weighted by Gasteiger charge is -2.10. The second-order valence-electron chi connectivity index (χ2n) is 3.47. The molecule has 1 rings (SSSR count). The maximum atomic E-state index is 12.4. The van der Waals surface area contributed by atoms with Gasteiger partial charge >= 0.3 is 6.18 Å². The maximum Gasteiger partial charge on any atom is 0.433 e. The molecule has 0 unspecified atom stereocenters. The Morgan fingerprint density at radius 2 is 2.11 bits per heavy atom. The lowest BCUT2D eigenvalue weighted by molar-refractivity contribution is -0.141. The van der Waals surface area contributed by atoms with E-state index in [2.05, 4.69) is 15.3 Å². The molecule has 102 valence electrons. The molecule has 1 heterocycles. The van der Waals surface area contributed by atoms with Crippen molar-refractivity contribution in [2.24, 2.45) is 0 Å². The van der Waals surface area contributed by atoms with E-state index in [4.69, 9.17) is 10.5 Å². The molecule has 0 saturated heterocycles. The quantitative estimate of drug-likeness (QED) is 0.768. The molecule has 1 aromatic rings. The number of aromatic nitrogens is 2. The van der Waals surface area contributed by atoms with E-state index in [1.165, 1.54) is 0 Å². The fraction of sp³-hybridized carbons (Fsp3) is 0.600. The number of ether oxygens (including phenoxy) is 1. The summed E-state index contributed by atoms with van der Waals surface area (Å²) in [5, 5.41) is 2.75. The molecule has 1 aromatic heterocycles. The standard InChI is InChI=1S/C10H15F3N4O/c1-2-18-5-3-4-15-8-6-7(10(11,12)13)16-9(14)17-8/h6H,2-5H2,1H3,(H3,14,15,16,17). The highest BCUT2D eigenvalue weighted by Gasteiger charge is 2.33. The largest absolute Gasteiger partial charge is 0.433 e. The van der Waals surface area contributed by atoms with E-state index >= 15 is 0 Å². The van der Waals surface area contributed by atoms with Gasteiger partial charge in [0, 0.05) is 25.8 Å². The van der Waals surface area contributed by atoms with E-state index in [0.29, 0.717) is 26.2 Å². The predicted molar refractivity (Wildman–Crippen MR) is 61.0 cm³/mol. The van der Waals surface area contributed by atoms with Gasteiger partial charge in [-0.1, -0.05) is 0 Å². The fourth-order valence-electron chi connectivity index (χ4n) is 1.24. The molecule has 0 aliphatic heterocycles. The van der Waals surface area contributed by atoms with Gasteiger partial charge in [-0.15, -0.1) is 0 Å². The van der Waals surface area contributed by atoms with Crippen molar-refractivity contribution in [3.63, 3.8) is 0 Å². The van der Waals surface area contributed by atoms with Gasteiger partial charge < -0.3 is 15.8 Å². The number of nitrogens with zero attached hydrogens (tertiary/aromatic N) is 2. The summed E-state index contributed by atoms with van der Waals surface area (Å²) in [4.78, 5) is 6.82. The predicted octanol–water partition coefficient (Wildman–Crippen LogP) is 1.92. The number of alkyl halides is 3. The Labute approximate surface area is 103 Å². The molecule has 0 radical (unpaired) electrons. The normalized spacial score (nSPS) is 11.6. The first-order valence-corrected chi connectivity index (χ1v) is 5.47. The highest BCUT2D eigenvalue weighted by atomic mass is 19.4. The van der Waals surface area contributed by atoms with Crippen molar-refractivity contribution < 1.29 is 17.9 Å². The Morgan fingerprint density at radius 3 is 2.72 bits per heavy atom. The number of rotatable bonds is 6. The van der Waals surface area contributed by atoms with E-state index < -0.39 is 17.8 Å². The summed E-state index contributed by atoms with van der Waals surface area (Å²) in [6.07, 6.45) is -3.86. The van der Waals surface area contributed by atoms with Crippen molar-refractivity contribution in [3.05, 3.63) is 11.8 Å². The lowest BCUT2D eigenvalue weighted by Crippen LogP contribution is -2.14. The monoisotopic (exact) mass is 264 g/mol. The summed E-state index contributed by atoms with van der Waals surface area (Å²) in [5.41, 5.74) is 4.17. The lowest BCUT2D eigenvalue weighted by atomic mass is 10.3. The van der Waals surface area contributed by atoms with Gasteiger partial charge in [-0.3, -0.25) is 0 Å². The van der Waals surface area contributed by atoms with Gasteiger partial charge in [-0.05, 0) is 13.3 Å². The zero-order valence-corrected chi connectivity index (χ0v) is 9.92. The first-order valence-electron chi connectivity index (χ1n) is 5.47. The Kier molecular flexibility index (Phi) is 5.14. The Balaban J connectivity index is 2.58. The topological polar surface area (TPSA) is 73.1 Å². The highest BCUT2D eigenvalue weighted by molar-refractivity contribution is 5.41. The average Bonchev–Trinajstić information content (AvgIpc) is 2.27. The summed E-state index contributed by atoms with van der Waals surface area (Å²) in [5.74, 6) is -0.344. The van der Waals surface area contributed by atoms with Crippen LogP contribution >= 0.6 is 0 Å². The molecule has 0 aromatic carbocycles. The summed E-state index contributed by atoms with van der Waals surface area (Å²) < 4.78 is 42.4. The van der Waals surface area contributed by atoms with Crippen LogP contribution in [0, 0.1) is 0 Å². The van der Waals surface area contributed by atoms with E-state index in [1.807, 2.05) is 6.92 Å². The van der Waals surface area contributed by atoms with Crippen LogP contribution in [0.1, 0.15) is 19.0 Å². The molecular weight excluding hydrogens is 249 g/mol. The third-order valence-corrected chi connectivity index (χ3v) is 2.01. The van der Waals surface area contributed by atoms with Crippen LogP contribution in [0.3, 0.4) is 0 Å². The molecule has 18 heavy (non-hydrogen) atoms. The van der Waals surface area contributed by atoms with Crippen molar-refractivity contribution in [1.29, 1.82) is 0 Å². The summed E-state index contributed by atoms with van der Waals surface area (Å²) >= 11 is 0. The first-order chi connectivity index (χ1) is 8.43. The van der Waals surface area contributed by atoms with E-state index in [0.717, 1.165) is 6.07 Å². The van der Waals surface area contributed by atoms with Crippen LogP contribution in [-0.2, 0) is 10.9 Å². The molecule has 0 amide bonds. The third kappa shape index (κ3) is 4.74. The second kappa shape index (κ2) is 6.39. The van der Waals surface area contributed by atoms with Crippen LogP contribution in [0.15, 0.2) is 6.07 Å². The van der Waals surface area contributed by atoms with Gasteiger partial charge in [0.05, 0.1) is 0 Å². The van der Waals surface area contributed by atoms with Crippen molar-refractivity contribution in [2.45, 2.75) is 19.5 Å². The Hall–Kier alpha value is -1.57. The molecule has 5 nitrogen and oxygen atoms in total. The van der Waals surface area contributed by atoms with Gasteiger partial charge in [0.1, 0.15) is 5.82 Å². The van der Waals surface area contributed by atoms with Crippen molar-refractivity contribution in [2.75, 3.05) is 30.8 Å². The molecule has 3 N–H and O–H groups in total. The molecule has 0 aliphatic carbocycles. The molecular formula is C10H15F3N4O. The van der Waals surface area contributed by atoms with E-state index in [9.17, 15) is 13.2 Å². The molecule has 0 aliphatic rings. The number of nitrogens with one attached hydrogen (secondary N) is 1. The average molecular weight is 264 g/mol. The van der Waals surface area contributed by atoms with Crippen LogP contribution in [-0.4, -0.2) is 29.7 Å². The Morgan fingerprint density at radius 1 is 1.39 bits per heavy atom. The Bertz CT molecular complexity index is 384. The number of nitrogen functional groups attached to an aromatic ring is 1. The van der Waals surface area contributed by atoms with Crippen LogP contribution < -0.4 is 11.1 Å². The summed E-state index contributed by atoms with van der Waals surface area (Å²) in [7, 11) is 0. The molecule has 0 bridgehead atoms. The van der Waals surface area contributed by atoms with Gasteiger partial charge in [-0.2, -0.15) is 18.2 Å². The van der Waals surface area contributed by atoms with Crippen molar-refractivity contribution >= 4 is 11.8 Å². The zero-order chi connectivity index (χ0) is 13.6. The highest BCUT2D eigenvalue weighted by Crippen LogP contribution is 2.29. The maximum absolute atomic E-state index is 12.4. The van der Waals surface area contributed by atoms with Crippen molar-refractivity contribution in [1.82, 2.24) is 9.97 Å². The minimum atomic E-state index is -4.53. The number of nitrogens with two attached hydrogens (primary N) is 1. The zero-order valence-electron chi connectivity index (χ0n) is 9.92. The van der Waals surface area contributed by atoms with Gasteiger partial charge in [0.2, 0.25) is 5.95 Å². The molecule has 0 atom stereocenters. The number of halogens is 3. The number of hydrogen-bond acceptors (Lipinski definition) is 5. The van der Waals surface area contributed by atoms with Gasteiger partial charge in [-0.25, -0.2) is 4.98 Å². The molecule has 0 saturated carbocycles. The van der Waals surface area contributed by atoms with Crippen LogP contribution in [0.5, 0.6) is 0 Å². The first kappa shape index (κ1) is 14.5. The van der Waals surface area contributed by atoms with Crippen LogP contribution in [0.2, 0.25) is 0 Å². The second-order valence-corrected chi connectivity index (χ2v) is 3.47. The number of hydrogen-bond donors (Lipinski definition) is 2.